The fourth-order valence-corrected chi connectivity index (χ4v) is 4.16. The van der Waals surface area contributed by atoms with Crippen molar-refractivity contribution in [3.63, 3.8) is 0 Å². The van der Waals surface area contributed by atoms with E-state index in [4.69, 9.17) is 4.74 Å². The van der Waals surface area contributed by atoms with Crippen molar-refractivity contribution < 1.29 is 27.5 Å². The second kappa shape index (κ2) is 9.59. The van der Waals surface area contributed by atoms with Gasteiger partial charge >= 0.3 is 6.18 Å². The number of amides is 2. The van der Waals surface area contributed by atoms with Crippen LogP contribution in [0.2, 0.25) is 0 Å². The van der Waals surface area contributed by atoms with Crippen molar-refractivity contribution >= 4 is 11.8 Å². The number of carbonyl (C=O) groups excluding carboxylic acids is 2. The van der Waals surface area contributed by atoms with E-state index in [1.807, 2.05) is 25.1 Å². The minimum absolute atomic E-state index is 0.0470. The van der Waals surface area contributed by atoms with Gasteiger partial charge in [-0.1, -0.05) is 54.6 Å². The minimum atomic E-state index is -4.54. The quantitative estimate of drug-likeness (QED) is 0.524. The van der Waals surface area contributed by atoms with Crippen LogP contribution in [0.5, 0.6) is 5.75 Å². The Balaban J connectivity index is 1.62. The van der Waals surface area contributed by atoms with Crippen LogP contribution in [-0.2, 0) is 24.1 Å². The Labute approximate surface area is 195 Å². The molecule has 176 valence electrons. The third-order valence-electron chi connectivity index (χ3n) is 5.70. The van der Waals surface area contributed by atoms with Crippen molar-refractivity contribution in [2.24, 2.45) is 0 Å². The molecule has 3 aromatic carbocycles. The van der Waals surface area contributed by atoms with E-state index in [1.165, 1.54) is 23.1 Å². The first-order valence-electron chi connectivity index (χ1n) is 10.8. The molecule has 2 amide bonds. The van der Waals surface area contributed by atoms with Gasteiger partial charge in [-0.15, -0.1) is 0 Å². The number of rotatable bonds is 7. The van der Waals surface area contributed by atoms with Crippen molar-refractivity contribution in [3.05, 3.63) is 101 Å². The van der Waals surface area contributed by atoms with E-state index in [1.54, 1.807) is 30.3 Å². The predicted octanol–water partition coefficient (Wildman–Crippen LogP) is 5.12. The van der Waals surface area contributed by atoms with E-state index < -0.39 is 23.7 Å². The van der Waals surface area contributed by atoms with Gasteiger partial charge in [0.25, 0.3) is 5.91 Å². The van der Waals surface area contributed by atoms with Crippen LogP contribution in [0.15, 0.2) is 72.8 Å². The van der Waals surface area contributed by atoms with Crippen LogP contribution in [0.4, 0.5) is 13.2 Å². The smallest absolute Gasteiger partial charge is 0.416 e. The van der Waals surface area contributed by atoms with E-state index in [2.05, 4.69) is 5.32 Å². The van der Waals surface area contributed by atoms with E-state index in [9.17, 15) is 22.8 Å². The lowest BCUT2D eigenvalue weighted by atomic mass is 10.0. The summed E-state index contributed by atoms with van der Waals surface area (Å²) in [4.78, 5) is 27.9. The number of fused-ring (bicyclic) bond motifs is 1. The Morgan fingerprint density at radius 1 is 0.971 bits per heavy atom. The number of hydrogen-bond donors (Lipinski definition) is 1. The van der Waals surface area contributed by atoms with Gasteiger partial charge in [-0.3, -0.25) is 9.59 Å². The number of benzene rings is 3. The van der Waals surface area contributed by atoms with Gasteiger partial charge < -0.3 is 15.0 Å². The summed E-state index contributed by atoms with van der Waals surface area (Å²) in [7, 11) is 0. The third-order valence-corrected chi connectivity index (χ3v) is 5.70. The van der Waals surface area contributed by atoms with Crippen molar-refractivity contribution in [2.45, 2.75) is 32.2 Å². The summed E-state index contributed by atoms with van der Waals surface area (Å²) in [6, 6.07) is 18.1. The summed E-state index contributed by atoms with van der Waals surface area (Å²) >= 11 is 0. The summed E-state index contributed by atoms with van der Waals surface area (Å²) in [6.07, 6.45) is -4.54. The molecule has 0 spiro atoms. The number of nitrogens with zero attached hydrogens (tertiary/aromatic N) is 1. The van der Waals surface area contributed by atoms with Gasteiger partial charge in [0.05, 0.1) is 18.7 Å². The highest BCUT2D eigenvalue weighted by atomic mass is 19.4. The first-order chi connectivity index (χ1) is 16.3. The van der Waals surface area contributed by atoms with Gasteiger partial charge in [0.1, 0.15) is 11.8 Å². The summed E-state index contributed by atoms with van der Waals surface area (Å²) in [5, 5.41) is 2.61. The monoisotopic (exact) mass is 468 g/mol. The van der Waals surface area contributed by atoms with E-state index in [-0.39, 0.29) is 24.6 Å². The SMILES string of the molecule is CCOc1ccccc1CN1C(=O)c2ccccc2C1C(=O)NCc1ccccc1C(F)(F)F. The van der Waals surface area contributed by atoms with Gasteiger partial charge in [-0.25, -0.2) is 0 Å². The fourth-order valence-electron chi connectivity index (χ4n) is 4.16. The zero-order valence-corrected chi connectivity index (χ0v) is 18.4. The number of carbonyl (C=O) groups is 2. The predicted molar refractivity (Wildman–Crippen MR) is 120 cm³/mol. The van der Waals surface area contributed by atoms with Crippen LogP contribution in [0.1, 0.15) is 45.6 Å². The molecule has 1 aliphatic heterocycles. The van der Waals surface area contributed by atoms with E-state index in [0.717, 1.165) is 11.6 Å². The Bertz CT molecular complexity index is 1210. The number of halogens is 3. The van der Waals surface area contributed by atoms with Crippen molar-refractivity contribution in [3.8, 4) is 5.75 Å². The Kier molecular flexibility index (Phi) is 6.58. The molecule has 1 N–H and O–H groups in total. The molecule has 1 heterocycles. The topological polar surface area (TPSA) is 58.6 Å². The highest BCUT2D eigenvalue weighted by molar-refractivity contribution is 6.04. The van der Waals surface area contributed by atoms with E-state index in [0.29, 0.717) is 23.5 Å². The zero-order valence-electron chi connectivity index (χ0n) is 18.4. The van der Waals surface area contributed by atoms with E-state index >= 15 is 0 Å². The molecule has 0 bridgehead atoms. The number of ether oxygens (including phenoxy) is 1. The molecule has 0 saturated heterocycles. The fraction of sp³-hybridized carbons (Fsp3) is 0.231. The molecule has 3 aromatic rings. The van der Waals surface area contributed by atoms with Crippen molar-refractivity contribution in [1.82, 2.24) is 10.2 Å². The standard InChI is InChI=1S/C26H23F3N2O3/c1-2-34-22-14-8-4-10-18(22)16-31-23(19-11-5-6-12-20(19)25(31)33)24(32)30-15-17-9-3-7-13-21(17)26(27,28)29/h3-14,23H,2,15-16H2,1H3,(H,30,32). The van der Waals surface area contributed by atoms with Crippen LogP contribution in [0.3, 0.4) is 0 Å². The highest BCUT2D eigenvalue weighted by Crippen LogP contribution is 2.37. The van der Waals surface area contributed by atoms with Gasteiger partial charge in [-0.2, -0.15) is 13.2 Å². The van der Waals surface area contributed by atoms with Crippen LogP contribution in [0, 0.1) is 0 Å². The molecular weight excluding hydrogens is 445 g/mol. The molecule has 34 heavy (non-hydrogen) atoms. The number of para-hydroxylation sites is 1. The molecule has 0 aromatic heterocycles. The maximum Gasteiger partial charge on any atom is 0.416 e. The first kappa shape index (κ1) is 23.4. The van der Waals surface area contributed by atoms with Crippen molar-refractivity contribution in [2.75, 3.05) is 6.61 Å². The summed E-state index contributed by atoms with van der Waals surface area (Å²) in [5.74, 6) is -0.270. The molecule has 0 saturated carbocycles. The van der Waals surface area contributed by atoms with Gasteiger partial charge in [0.15, 0.2) is 0 Å². The lowest BCUT2D eigenvalue weighted by Crippen LogP contribution is -2.38. The van der Waals surface area contributed by atoms with Crippen LogP contribution in [0.25, 0.3) is 0 Å². The molecule has 1 aliphatic rings. The van der Waals surface area contributed by atoms with Crippen LogP contribution in [-0.4, -0.2) is 23.3 Å². The summed E-state index contributed by atoms with van der Waals surface area (Å²) < 4.78 is 45.7. The van der Waals surface area contributed by atoms with Crippen LogP contribution >= 0.6 is 0 Å². The Hall–Kier alpha value is -3.81. The highest BCUT2D eigenvalue weighted by Gasteiger charge is 2.41. The Morgan fingerprint density at radius 3 is 2.35 bits per heavy atom. The molecule has 0 fully saturated rings. The minimum Gasteiger partial charge on any atom is -0.494 e. The largest absolute Gasteiger partial charge is 0.494 e. The molecule has 1 unspecified atom stereocenters. The molecule has 0 aliphatic carbocycles. The second-order valence-electron chi connectivity index (χ2n) is 7.84. The Morgan fingerprint density at radius 2 is 1.62 bits per heavy atom. The molecular formula is C26H23F3N2O3. The molecule has 0 radical (unpaired) electrons. The first-order valence-corrected chi connectivity index (χ1v) is 10.8. The average Bonchev–Trinajstić information content (AvgIpc) is 3.10. The number of alkyl halides is 3. The summed E-state index contributed by atoms with van der Waals surface area (Å²) in [5.41, 5.74) is 0.788. The maximum atomic E-state index is 13.3. The lowest BCUT2D eigenvalue weighted by molar-refractivity contribution is -0.138. The van der Waals surface area contributed by atoms with Crippen molar-refractivity contribution in [1.29, 1.82) is 0 Å². The second-order valence-corrected chi connectivity index (χ2v) is 7.84. The molecule has 4 rings (SSSR count). The zero-order chi connectivity index (χ0) is 24.3. The summed E-state index contributed by atoms with van der Waals surface area (Å²) in [6.45, 7) is 2.09. The van der Waals surface area contributed by atoms with Gasteiger partial charge in [0, 0.05) is 17.7 Å². The average molecular weight is 468 g/mol. The van der Waals surface area contributed by atoms with Gasteiger partial charge in [0.2, 0.25) is 5.91 Å². The molecule has 8 heteroatoms. The third kappa shape index (κ3) is 4.62. The maximum absolute atomic E-state index is 13.3. The van der Waals surface area contributed by atoms with Gasteiger partial charge in [-0.05, 0) is 36.2 Å². The van der Waals surface area contributed by atoms with Crippen LogP contribution < -0.4 is 10.1 Å². The molecule has 1 atom stereocenters. The number of nitrogens with one attached hydrogen (secondary N) is 1. The number of hydrogen-bond acceptors (Lipinski definition) is 3. The lowest BCUT2D eigenvalue weighted by Gasteiger charge is -2.26. The normalized spacial score (nSPS) is 15.2. The molecule has 5 nitrogen and oxygen atoms in total.